The second kappa shape index (κ2) is 13.9. The molecule has 0 saturated carbocycles. The summed E-state index contributed by atoms with van der Waals surface area (Å²) in [6.07, 6.45) is 1.44. The van der Waals surface area contributed by atoms with E-state index >= 15 is 0 Å². The summed E-state index contributed by atoms with van der Waals surface area (Å²) >= 11 is 0. The van der Waals surface area contributed by atoms with Crippen molar-refractivity contribution >= 4 is 36.5 Å². The molecule has 35 heavy (non-hydrogen) atoms. The molecule has 5 nitrogen and oxygen atoms in total. The highest BCUT2D eigenvalue weighted by Crippen LogP contribution is 2.30. The lowest BCUT2D eigenvalue weighted by molar-refractivity contribution is -0.137. The number of carbonyl (C=O) groups is 1. The molecule has 0 bridgehead atoms. The summed E-state index contributed by atoms with van der Waals surface area (Å²) < 4.78 is 39.1. The molecule has 1 saturated heterocycles. The molecule has 1 aromatic carbocycles. The van der Waals surface area contributed by atoms with Gasteiger partial charge in [-0.3, -0.25) is 9.88 Å². The van der Waals surface area contributed by atoms with Crippen molar-refractivity contribution in [2.24, 2.45) is 5.92 Å². The van der Waals surface area contributed by atoms with Crippen LogP contribution < -0.4 is 4.90 Å². The molecule has 0 spiro atoms. The third-order valence-corrected chi connectivity index (χ3v) is 6.51. The third-order valence-electron chi connectivity index (χ3n) is 6.51. The molecule has 1 unspecified atom stereocenters. The molecule has 10 heteroatoms. The van der Waals surface area contributed by atoms with E-state index in [2.05, 4.69) is 23.7 Å². The number of nitrogens with zero attached hydrogens (tertiary/aromatic N) is 4. The van der Waals surface area contributed by atoms with Crippen LogP contribution in [0.5, 0.6) is 0 Å². The number of aromatic nitrogens is 1. The van der Waals surface area contributed by atoms with Gasteiger partial charge in [0.05, 0.1) is 17.4 Å². The van der Waals surface area contributed by atoms with Crippen LogP contribution in [0.3, 0.4) is 0 Å². The molecular formula is C25H35Cl2F3N4O. The minimum atomic E-state index is -4.32. The van der Waals surface area contributed by atoms with Crippen molar-refractivity contribution in [3.05, 3.63) is 59.9 Å². The zero-order valence-corrected chi connectivity index (χ0v) is 22.0. The van der Waals surface area contributed by atoms with E-state index in [1.54, 1.807) is 30.4 Å². The highest BCUT2D eigenvalue weighted by atomic mass is 35.5. The Hall–Kier alpha value is -2.03. The summed E-state index contributed by atoms with van der Waals surface area (Å²) in [5, 5.41) is 0. The van der Waals surface area contributed by atoms with E-state index in [9.17, 15) is 18.0 Å². The zero-order chi connectivity index (χ0) is 24.0. The standard InChI is InChI=1S/C25H33F3N4O.2ClH/c1-4-31(19(2)15-21-7-5-8-22(16-21)25(26,27)28)18-20-10-13-32(14-11-20)24(33)30(3)23-9-6-12-29-17-23;;/h5-9,12,16-17,19-20H,4,10-11,13-15,18H2,1-3H3;2*1H. The minimum absolute atomic E-state index is 0. The summed E-state index contributed by atoms with van der Waals surface area (Å²) in [6, 6.07) is 9.41. The van der Waals surface area contributed by atoms with Crippen LogP contribution in [0.4, 0.5) is 23.7 Å². The Morgan fingerprint density at radius 1 is 1.17 bits per heavy atom. The monoisotopic (exact) mass is 534 g/mol. The minimum Gasteiger partial charge on any atom is -0.324 e. The Bertz CT molecular complexity index is 909. The maximum Gasteiger partial charge on any atom is 0.416 e. The molecule has 1 aromatic heterocycles. The van der Waals surface area contributed by atoms with Crippen molar-refractivity contribution in [3.63, 3.8) is 0 Å². The summed E-state index contributed by atoms with van der Waals surface area (Å²) in [4.78, 5) is 22.7. The van der Waals surface area contributed by atoms with E-state index in [0.717, 1.165) is 37.7 Å². The van der Waals surface area contributed by atoms with Crippen molar-refractivity contribution in [2.75, 3.05) is 38.1 Å². The quantitative estimate of drug-likeness (QED) is 0.426. The average molecular weight is 535 g/mol. The fraction of sp³-hybridized carbons (Fsp3) is 0.520. The van der Waals surface area contributed by atoms with Crippen LogP contribution >= 0.6 is 24.8 Å². The normalized spacial score (nSPS) is 15.2. The van der Waals surface area contributed by atoms with Gasteiger partial charge in [0.2, 0.25) is 0 Å². The van der Waals surface area contributed by atoms with E-state index < -0.39 is 11.7 Å². The first kappa shape index (κ1) is 31.0. The predicted octanol–water partition coefficient (Wildman–Crippen LogP) is 6.17. The van der Waals surface area contributed by atoms with E-state index in [4.69, 9.17) is 0 Å². The van der Waals surface area contributed by atoms with Gasteiger partial charge in [0, 0.05) is 38.9 Å². The van der Waals surface area contributed by atoms with Crippen molar-refractivity contribution in [3.8, 4) is 0 Å². The molecule has 2 aromatic rings. The fourth-order valence-electron chi connectivity index (χ4n) is 4.48. The van der Waals surface area contributed by atoms with Crippen LogP contribution in [0.15, 0.2) is 48.8 Å². The van der Waals surface area contributed by atoms with Gasteiger partial charge in [-0.25, -0.2) is 4.79 Å². The maximum atomic E-state index is 13.0. The lowest BCUT2D eigenvalue weighted by atomic mass is 9.95. The molecule has 1 aliphatic heterocycles. The van der Waals surface area contributed by atoms with Crippen LogP contribution in [-0.2, 0) is 12.6 Å². The molecule has 0 aliphatic carbocycles. The number of alkyl halides is 3. The number of anilines is 1. The zero-order valence-electron chi connectivity index (χ0n) is 20.4. The first-order valence-electron chi connectivity index (χ1n) is 11.5. The van der Waals surface area contributed by atoms with Gasteiger partial charge in [0.1, 0.15) is 0 Å². The van der Waals surface area contributed by atoms with Crippen molar-refractivity contribution in [2.45, 2.75) is 45.3 Å². The summed E-state index contributed by atoms with van der Waals surface area (Å²) in [7, 11) is 1.76. The number of likely N-dealkylation sites (N-methyl/N-ethyl adjacent to an activating group) is 1. The van der Waals surface area contributed by atoms with Gasteiger partial charge in [-0.2, -0.15) is 13.2 Å². The van der Waals surface area contributed by atoms with Gasteiger partial charge in [0.15, 0.2) is 0 Å². The van der Waals surface area contributed by atoms with Gasteiger partial charge >= 0.3 is 12.2 Å². The number of carbonyl (C=O) groups excluding carboxylic acids is 1. The van der Waals surface area contributed by atoms with E-state index in [-0.39, 0.29) is 36.9 Å². The van der Waals surface area contributed by atoms with Gasteiger partial charge in [-0.05, 0) is 62.4 Å². The Kier molecular flexibility index (Phi) is 12.3. The lowest BCUT2D eigenvalue weighted by Gasteiger charge is -2.38. The lowest BCUT2D eigenvalue weighted by Crippen LogP contribution is -2.47. The van der Waals surface area contributed by atoms with Crippen molar-refractivity contribution < 1.29 is 18.0 Å². The van der Waals surface area contributed by atoms with Crippen LogP contribution in [-0.4, -0.2) is 60.1 Å². The second-order valence-electron chi connectivity index (χ2n) is 8.82. The van der Waals surface area contributed by atoms with Gasteiger partial charge < -0.3 is 9.80 Å². The van der Waals surface area contributed by atoms with Crippen LogP contribution in [0, 0.1) is 5.92 Å². The Morgan fingerprint density at radius 3 is 2.43 bits per heavy atom. The van der Waals surface area contributed by atoms with Gasteiger partial charge in [0.25, 0.3) is 0 Å². The number of hydrogen-bond donors (Lipinski definition) is 0. The van der Waals surface area contributed by atoms with Crippen molar-refractivity contribution in [1.82, 2.24) is 14.8 Å². The molecular weight excluding hydrogens is 500 g/mol. The number of amides is 2. The largest absolute Gasteiger partial charge is 0.416 e. The first-order chi connectivity index (χ1) is 15.7. The number of pyridine rings is 1. The summed E-state index contributed by atoms with van der Waals surface area (Å²) in [5.41, 5.74) is 0.878. The number of benzene rings is 1. The molecule has 1 aliphatic rings. The molecule has 2 heterocycles. The number of piperidine rings is 1. The molecule has 0 radical (unpaired) electrons. The summed E-state index contributed by atoms with van der Waals surface area (Å²) in [5.74, 6) is 0.460. The number of halogens is 5. The molecule has 1 fully saturated rings. The predicted molar refractivity (Wildman–Crippen MR) is 139 cm³/mol. The maximum absolute atomic E-state index is 13.0. The fourth-order valence-corrected chi connectivity index (χ4v) is 4.48. The van der Waals surface area contributed by atoms with E-state index in [1.807, 2.05) is 17.0 Å². The molecule has 0 N–H and O–H groups in total. The topological polar surface area (TPSA) is 39.7 Å². The molecule has 1 atom stereocenters. The Morgan fingerprint density at radius 2 is 1.86 bits per heavy atom. The van der Waals surface area contributed by atoms with Crippen LogP contribution in [0.25, 0.3) is 0 Å². The second-order valence-corrected chi connectivity index (χ2v) is 8.82. The number of urea groups is 1. The number of likely N-dealkylation sites (tertiary alicyclic amines) is 1. The number of hydrogen-bond acceptors (Lipinski definition) is 3. The van der Waals surface area contributed by atoms with E-state index in [1.165, 1.54) is 12.1 Å². The first-order valence-corrected chi connectivity index (χ1v) is 11.5. The summed E-state index contributed by atoms with van der Waals surface area (Å²) in [6.45, 7) is 7.29. The average Bonchev–Trinajstić information content (AvgIpc) is 2.82. The van der Waals surface area contributed by atoms with E-state index in [0.29, 0.717) is 31.0 Å². The van der Waals surface area contributed by atoms with Crippen molar-refractivity contribution in [1.29, 1.82) is 0 Å². The Balaban J connectivity index is 0.00000306. The molecule has 3 rings (SSSR count). The van der Waals surface area contributed by atoms with Crippen LogP contribution in [0.1, 0.15) is 37.8 Å². The SMILES string of the molecule is CCN(CC1CCN(C(=O)N(C)c2cccnc2)CC1)C(C)Cc1cccc(C(F)(F)F)c1.Cl.Cl. The third kappa shape index (κ3) is 8.54. The Labute approximate surface area is 218 Å². The van der Waals surface area contributed by atoms with Crippen LogP contribution in [0.2, 0.25) is 0 Å². The molecule has 196 valence electrons. The smallest absolute Gasteiger partial charge is 0.324 e. The van der Waals surface area contributed by atoms with Gasteiger partial charge in [-0.1, -0.05) is 25.1 Å². The van der Waals surface area contributed by atoms with Gasteiger partial charge in [-0.15, -0.1) is 24.8 Å². The highest BCUT2D eigenvalue weighted by molar-refractivity contribution is 5.91. The molecule has 2 amide bonds. The number of rotatable bonds is 7. The highest BCUT2D eigenvalue weighted by Gasteiger charge is 2.31.